The Balaban J connectivity index is 3.04. The summed E-state index contributed by atoms with van der Waals surface area (Å²) in [6.45, 7) is 4.00. The summed E-state index contributed by atoms with van der Waals surface area (Å²) in [6, 6.07) is 4.54. The van der Waals surface area contributed by atoms with Crippen molar-refractivity contribution in [1.29, 1.82) is 0 Å². The normalized spacial score (nSPS) is 9.40. The summed E-state index contributed by atoms with van der Waals surface area (Å²) in [6.07, 6.45) is 1.63. The van der Waals surface area contributed by atoms with Crippen LogP contribution < -0.4 is 10.1 Å². The van der Waals surface area contributed by atoms with E-state index in [4.69, 9.17) is 4.74 Å². The average Bonchev–Trinajstić information content (AvgIpc) is 2.25. The van der Waals surface area contributed by atoms with E-state index in [0.717, 1.165) is 0 Å². The van der Waals surface area contributed by atoms with Crippen LogP contribution in [0.25, 0.3) is 0 Å². The van der Waals surface area contributed by atoms with Crippen LogP contribution in [-0.4, -0.2) is 18.6 Å². The molecule has 1 aromatic carbocycles. The predicted octanol–water partition coefficient (Wildman–Crippen LogP) is 2.20. The molecule has 0 bridgehead atoms. The van der Waals surface area contributed by atoms with Gasteiger partial charge in [0.1, 0.15) is 11.4 Å². The zero-order chi connectivity index (χ0) is 11.3. The lowest BCUT2D eigenvalue weighted by Crippen LogP contribution is -2.02. The van der Waals surface area contributed by atoms with Crippen LogP contribution in [0, 0.1) is 10.1 Å². The largest absolute Gasteiger partial charge is 0.497 e. The molecule has 0 saturated heterocycles. The van der Waals surface area contributed by atoms with Crippen LogP contribution in [0.1, 0.15) is 0 Å². The zero-order valence-electron chi connectivity index (χ0n) is 8.40. The molecule has 0 heterocycles. The number of benzene rings is 1. The van der Waals surface area contributed by atoms with Gasteiger partial charge in [0.25, 0.3) is 5.69 Å². The number of ether oxygens (including phenoxy) is 1. The Morgan fingerprint density at radius 3 is 2.93 bits per heavy atom. The fourth-order valence-electron chi connectivity index (χ4n) is 1.13. The minimum absolute atomic E-state index is 0.0256. The Kier molecular flexibility index (Phi) is 3.68. The molecule has 1 N–H and O–H groups in total. The molecular weight excluding hydrogens is 196 g/mol. The SMILES string of the molecule is C=CCNc1cc(OC)ccc1[N+](=O)[O-]. The fourth-order valence-corrected chi connectivity index (χ4v) is 1.13. The topological polar surface area (TPSA) is 64.4 Å². The molecule has 0 unspecified atom stereocenters. The van der Waals surface area contributed by atoms with Crippen molar-refractivity contribution in [3.8, 4) is 5.75 Å². The fraction of sp³-hybridized carbons (Fsp3) is 0.200. The Morgan fingerprint density at radius 1 is 1.67 bits per heavy atom. The van der Waals surface area contributed by atoms with E-state index >= 15 is 0 Å². The zero-order valence-corrected chi connectivity index (χ0v) is 8.40. The van der Waals surface area contributed by atoms with E-state index in [1.54, 1.807) is 18.2 Å². The van der Waals surface area contributed by atoms with Gasteiger partial charge in [-0.25, -0.2) is 0 Å². The van der Waals surface area contributed by atoms with Gasteiger partial charge in [0.2, 0.25) is 0 Å². The van der Waals surface area contributed by atoms with Crippen LogP contribution in [0.2, 0.25) is 0 Å². The highest BCUT2D eigenvalue weighted by atomic mass is 16.6. The number of rotatable bonds is 5. The number of anilines is 1. The number of methoxy groups -OCH3 is 1. The van der Waals surface area contributed by atoms with Gasteiger partial charge in [-0.2, -0.15) is 0 Å². The van der Waals surface area contributed by atoms with E-state index in [0.29, 0.717) is 18.0 Å². The highest BCUT2D eigenvalue weighted by molar-refractivity contribution is 5.64. The molecular formula is C10H12N2O3. The second-order valence-corrected chi connectivity index (χ2v) is 2.81. The third-order valence-corrected chi connectivity index (χ3v) is 1.84. The molecule has 0 amide bonds. The third kappa shape index (κ3) is 2.70. The molecule has 0 spiro atoms. The van der Waals surface area contributed by atoms with E-state index < -0.39 is 4.92 Å². The number of hydrogen-bond donors (Lipinski definition) is 1. The maximum atomic E-state index is 10.7. The molecule has 0 saturated carbocycles. The van der Waals surface area contributed by atoms with Crippen LogP contribution in [0.5, 0.6) is 5.75 Å². The minimum atomic E-state index is -0.440. The van der Waals surface area contributed by atoms with Gasteiger partial charge in [-0.1, -0.05) is 6.08 Å². The van der Waals surface area contributed by atoms with Gasteiger partial charge in [0, 0.05) is 18.7 Å². The van der Waals surface area contributed by atoms with E-state index in [1.807, 2.05) is 0 Å². The van der Waals surface area contributed by atoms with Crippen molar-refractivity contribution in [2.75, 3.05) is 19.0 Å². The third-order valence-electron chi connectivity index (χ3n) is 1.84. The van der Waals surface area contributed by atoms with Crippen LogP contribution in [0.4, 0.5) is 11.4 Å². The molecule has 0 aromatic heterocycles. The summed E-state index contributed by atoms with van der Waals surface area (Å²) in [5.41, 5.74) is 0.455. The second kappa shape index (κ2) is 4.99. The van der Waals surface area contributed by atoms with Gasteiger partial charge in [-0.05, 0) is 6.07 Å². The lowest BCUT2D eigenvalue weighted by molar-refractivity contribution is -0.384. The molecule has 1 aromatic rings. The first kappa shape index (κ1) is 11.0. The highest BCUT2D eigenvalue weighted by Gasteiger charge is 2.13. The molecule has 0 aliphatic rings. The molecule has 5 nitrogen and oxygen atoms in total. The second-order valence-electron chi connectivity index (χ2n) is 2.81. The van der Waals surface area contributed by atoms with Crippen molar-refractivity contribution in [1.82, 2.24) is 0 Å². The van der Waals surface area contributed by atoms with Gasteiger partial charge >= 0.3 is 0 Å². The Bertz CT molecular complexity index is 377. The van der Waals surface area contributed by atoms with Gasteiger partial charge in [-0.3, -0.25) is 10.1 Å². The van der Waals surface area contributed by atoms with Crippen LogP contribution in [0.15, 0.2) is 30.9 Å². The minimum Gasteiger partial charge on any atom is -0.497 e. The predicted molar refractivity (Wildman–Crippen MR) is 58.3 cm³/mol. The summed E-state index contributed by atoms with van der Waals surface area (Å²) in [5.74, 6) is 0.576. The summed E-state index contributed by atoms with van der Waals surface area (Å²) in [5, 5.41) is 13.6. The van der Waals surface area contributed by atoms with Crippen molar-refractivity contribution in [3.05, 3.63) is 41.0 Å². The van der Waals surface area contributed by atoms with E-state index in [1.165, 1.54) is 13.2 Å². The van der Waals surface area contributed by atoms with Crippen LogP contribution in [-0.2, 0) is 0 Å². The Hall–Kier alpha value is -2.04. The molecule has 0 radical (unpaired) electrons. The first-order chi connectivity index (χ1) is 7.19. The van der Waals surface area contributed by atoms with Gasteiger partial charge in [0.15, 0.2) is 0 Å². The van der Waals surface area contributed by atoms with Gasteiger partial charge < -0.3 is 10.1 Å². The number of hydrogen-bond acceptors (Lipinski definition) is 4. The first-order valence-electron chi connectivity index (χ1n) is 4.36. The lowest BCUT2D eigenvalue weighted by atomic mass is 10.2. The highest BCUT2D eigenvalue weighted by Crippen LogP contribution is 2.28. The maximum Gasteiger partial charge on any atom is 0.292 e. The number of nitro benzene ring substituents is 1. The average molecular weight is 208 g/mol. The van der Waals surface area contributed by atoms with E-state index in [-0.39, 0.29) is 5.69 Å². The number of nitro groups is 1. The lowest BCUT2D eigenvalue weighted by Gasteiger charge is -2.06. The van der Waals surface area contributed by atoms with Crippen molar-refractivity contribution in [3.63, 3.8) is 0 Å². The summed E-state index contributed by atoms with van der Waals surface area (Å²) in [4.78, 5) is 10.2. The summed E-state index contributed by atoms with van der Waals surface area (Å²) >= 11 is 0. The standard InChI is InChI=1S/C10H12N2O3/c1-3-6-11-9-7-8(15-2)4-5-10(9)12(13)14/h3-5,7,11H,1,6H2,2H3. The van der Waals surface area contributed by atoms with Crippen molar-refractivity contribution in [2.45, 2.75) is 0 Å². The van der Waals surface area contributed by atoms with Crippen LogP contribution >= 0.6 is 0 Å². The molecule has 80 valence electrons. The summed E-state index contributed by atoms with van der Waals surface area (Å²) in [7, 11) is 1.51. The van der Waals surface area contributed by atoms with Crippen molar-refractivity contribution >= 4 is 11.4 Å². The molecule has 0 atom stereocenters. The number of nitrogens with zero attached hydrogens (tertiary/aromatic N) is 1. The van der Waals surface area contributed by atoms with Crippen molar-refractivity contribution in [2.24, 2.45) is 0 Å². The first-order valence-corrected chi connectivity index (χ1v) is 4.36. The quantitative estimate of drug-likeness (QED) is 0.457. The maximum absolute atomic E-state index is 10.7. The Labute approximate surface area is 87.5 Å². The molecule has 0 aliphatic carbocycles. The molecule has 0 fully saturated rings. The molecule has 15 heavy (non-hydrogen) atoms. The summed E-state index contributed by atoms with van der Waals surface area (Å²) < 4.78 is 4.98. The van der Waals surface area contributed by atoms with E-state index in [2.05, 4.69) is 11.9 Å². The van der Waals surface area contributed by atoms with Crippen LogP contribution in [0.3, 0.4) is 0 Å². The smallest absolute Gasteiger partial charge is 0.292 e. The Morgan fingerprint density at radius 2 is 2.40 bits per heavy atom. The molecule has 0 aliphatic heterocycles. The molecule has 1 rings (SSSR count). The van der Waals surface area contributed by atoms with Gasteiger partial charge in [-0.15, -0.1) is 6.58 Å². The number of nitrogens with one attached hydrogen (secondary N) is 1. The molecule has 5 heteroatoms. The van der Waals surface area contributed by atoms with Crippen molar-refractivity contribution < 1.29 is 9.66 Å². The van der Waals surface area contributed by atoms with E-state index in [9.17, 15) is 10.1 Å². The monoisotopic (exact) mass is 208 g/mol. The van der Waals surface area contributed by atoms with Gasteiger partial charge in [0.05, 0.1) is 12.0 Å².